The van der Waals surface area contributed by atoms with Gasteiger partial charge in [0.15, 0.2) is 16.7 Å². The van der Waals surface area contributed by atoms with Crippen molar-refractivity contribution in [2.45, 2.75) is 19.9 Å². The van der Waals surface area contributed by atoms with Crippen LogP contribution in [0.2, 0.25) is 0 Å². The highest BCUT2D eigenvalue weighted by molar-refractivity contribution is 8.14. The van der Waals surface area contributed by atoms with Gasteiger partial charge in [-0.3, -0.25) is 19.3 Å². The molecule has 4 rings (SSSR count). The first-order chi connectivity index (χ1) is 21.9. The largest absolute Gasteiger partial charge is 0.493 e. The van der Waals surface area contributed by atoms with Crippen LogP contribution in [0, 0.1) is 0 Å². The standard InChI is InChI=1S/C36H35N3O5S/c1-5-8-19-28(6-2)39-35(42)29(22-25-20-21-30(43-4)31(23-25)44-7-3)34(41)38-36(39)45-24-32(40)37-33(26-15-11-9-12-16-26)27-17-13-10-14-18-27/h5-6,8-23,33H,1,7,24H2,2-4H3,(H,37,40)/b19-8-,28-6+,29-22+. The van der Waals surface area contributed by atoms with Gasteiger partial charge in [0.2, 0.25) is 5.91 Å². The zero-order chi connectivity index (χ0) is 32.2. The molecule has 0 aliphatic carbocycles. The Morgan fingerprint density at radius 2 is 1.69 bits per heavy atom. The predicted molar refractivity (Wildman–Crippen MR) is 180 cm³/mol. The van der Waals surface area contributed by atoms with Crippen molar-refractivity contribution in [3.8, 4) is 11.5 Å². The Balaban J connectivity index is 1.63. The number of nitrogens with one attached hydrogen (secondary N) is 1. The van der Waals surface area contributed by atoms with Crippen LogP contribution in [-0.4, -0.2) is 47.3 Å². The SMILES string of the molecule is C=C/C=C\C(=C/C)N1C(=O)/C(=C/c2ccc(OC)c(OCC)c2)C(=O)N=C1SCC(=O)NC(c1ccccc1)c1ccccc1. The zero-order valence-corrected chi connectivity index (χ0v) is 26.3. The van der Waals surface area contributed by atoms with Gasteiger partial charge in [-0.15, -0.1) is 0 Å². The number of thioether (sulfide) groups is 1. The number of amides is 3. The van der Waals surface area contributed by atoms with Crippen molar-refractivity contribution in [2.75, 3.05) is 19.5 Å². The second-order valence-electron chi connectivity index (χ2n) is 9.66. The number of hydrogen-bond donors (Lipinski definition) is 1. The number of allylic oxidation sites excluding steroid dienone is 4. The normalized spacial score (nSPS) is 14.6. The van der Waals surface area contributed by atoms with Crippen molar-refractivity contribution < 1.29 is 23.9 Å². The van der Waals surface area contributed by atoms with E-state index in [0.29, 0.717) is 29.4 Å². The minimum Gasteiger partial charge on any atom is -0.493 e. The van der Waals surface area contributed by atoms with Gasteiger partial charge in [0, 0.05) is 5.70 Å². The molecule has 0 saturated heterocycles. The molecule has 8 nitrogen and oxygen atoms in total. The Labute approximate surface area is 267 Å². The molecular weight excluding hydrogens is 586 g/mol. The Morgan fingerprint density at radius 3 is 2.27 bits per heavy atom. The van der Waals surface area contributed by atoms with Gasteiger partial charge in [-0.25, -0.2) is 0 Å². The van der Waals surface area contributed by atoms with Crippen molar-refractivity contribution in [1.29, 1.82) is 0 Å². The molecule has 1 aliphatic heterocycles. The van der Waals surface area contributed by atoms with Crippen LogP contribution in [0.1, 0.15) is 36.6 Å². The lowest BCUT2D eigenvalue weighted by molar-refractivity contribution is -0.126. The van der Waals surface area contributed by atoms with Gasteiger partial charge in [-0.2, -0.15) is 4.99 Å². The van der Waals surface area contributed by atoms with Gasteiger partial charge < -0.3 is 14.8 Å². The number of carbonyl (C=O) groups excluding carboxylic acids is 3. The van der Waals surface area contributed by atoms with Crippen molar-refractivity contribution in [2.24, 2.45) is 4.99 Å². The van der Waals surface area contributed by atoms with Crippen molar-refractivity contribution in [3.05, 3.63) is 138 Å². The fourth-order valence-corrected chi connectivity index (χ4v) is 5.42. The Morgan fingerprint density at radius 1 is 1.02 bits per heavy atom. The molecular formula is C36H35N3O5S. The van der Waals surface area contributed by atoms with E-state index in [0.717, 1.165) is 22.9 Å². The van der Waals surface area contributed by atoms with E-state index in [4.69, 9.17) is 9.47 Å². The summed E-state index contributed by atoms with van der Waals surface area (Å²) in [5.74, 6) is -0.623. The van der Waals surface area contributed by atoms with Gasteiger partial charge in [-0.05, 0) is 54.8 Å². The molecule has 0 fully saturated rings. The zero-order valence-electron chi connectivity index (χ0n) is 25.4. The average molecular weight is 622 g/mol. The van der Waals surface area contributed by atoms with Crippen molar-refractivity contribution in [3.63, 3.8) is 0 Å². The molecule has 0 spiro atoms. The van der Waals surface area contributed by atoms with E-state index in [2.05, 4.69) is 16.9 Å². The maximum atomic E-state index is 13.9. The lowest BCUT2D eigenvalue weighted by Gasteiger charge is -2.28. The van der Waals surface area contributed by atoms with Crippen molar-refractivity contribution >= 4 is 40.7 Å². The lowest BCUT2D eigenvalue weighted by Crippen LogP contribution is -2.42. The number of methoxy groups -OCH3 is 1. The topological polar surface area (TPSA) is 97.3 Å². The molecule has 230 valence electrons. The van der Waals surface area contributed by atoms with Crippen LogP contribution < -0.4 is 14.8 Å². The summed E-state index contributed by atoms with van der Waals surface area (Å²) in [6.07, 6.45) is 8.15. The fourth-order valence-electron chi connectivity index (χ4n) is 4.61. The van der Waals surface area contributed by atoms with E-state index in [1.54, 1.807) is 49.4 Å². The van der Waals surface area contributed by atoms with Crippen LogP contribution in [-0.2, 0) is 14.4 Å². The van der Waals surface area contributed by atoms with Crippen LogP contribution in [0.3, 0.4) is 0 Å². The Kier molecular flexibility index (Phi) is 11.7. The minimum absolute atomic E-state index is 0.0799. The van der Waals surface area contributed by atoms with Gasteiger partial charge in [0.25, 0.3) is 11.8 Å². The lowest BCUT2D eigenvalue weighted by atomic mass is 9.99. The molecule has 1 heterocycles. The molecule has 0 bridgehead atoms. The summed E-state index contributed by atoms with van der Waals surface area (Å²) in [4.78, 5) is 46.1. The summed E-state index contributed by atoms with van der Waals surface area (Å²) in [5.41, 5.74) is 2.77. The highest BCUT2D eigenvalue weighted by atomic mass is 32.2. The Hall–Kier alpha value is -5.15. The third-order valence-electron chi connectivity index (χ3n) is 6.71. The van der Waals surface area contributed by atoms with E-state index in [9.17, 15) is 14.4 Å². The Bertz CT molecular complexity index is 1620. The van der Waals surface area contributed by atoms with E-state index in [1.165, 1.54) is 18.1 Å². The van der Waals surface area contributed by atoms with Crippen LogP contribution in [0.4, 0.5) is 0 Å². The molecule has 3 aromatic rings. The minimum atomic E-state index is -0.706. The van der Waals surface area contributed by atoms with Gasteiger partial charge in [0.1, 0.15) is 5.57 Å². The summed E-state index contributed by atoms with van der Waals surface area (Å²) in [5, 5.41) is 3.19. The molecule has 9 heteroatoms. The molecule has 45 heavy (non-hydrogen) atoms. The molecule has 0 radical (unpaired) electrons. The molecule has 1 aliphatic rings. The summed E-state index contributed by atoms with van der Waals surface area (Å²) < 4.78 is 11.0. The molecule has 0 saturated carbocycles. The summed E-state index contributed by atoms with van der Waals surface area (Å²) >= 11 is 1.01. The van der Waals surface area contributed by atoms with Crippen LogP contribution >= 0.6 is 11.8 Å². The third kappa shape index (κ3) is 8.27. The third-order valence-corrected chi connectivity index (χ3v) is 7.65. The first-order valence-corrected chi connectivity index (χ1v) is 15.4. The first-order valence-electron chi connectivity index (χ1n) is 14.4. The second kappa shape index (κ2) is 16.1. The van der Waals surface area contributed by atoms with Gasteiger partial charge in [0.05, 0.1) is 25.5 Å². The number of rotatable bonds is 12. The second-order valence-corrected chi connectivity index (χ2v) is 10.6. The van der Waals surface area contributed by atoms with Gasteiger partial charge in [-0.1, -0.05) is 103 Å². The number of amidine groups is 1. The van der Waals surface area contributed by atoms with Crippen LogP contribution in [0.25, 0.3) is 6.08 Å². The average Bonchev–Trinajstić information content (AvgIpc) is 3.06. The molecule has 0 atom stereocenters. The molecule has 0 aromatic heterocycles. The number of carbonyl (C=O) groups is 3. The number of hydrogen-bond acceptors (Lipinski definition) is 6. The van der Waals surface area contributed by atoms with E-state index < -0.39 is 11.8 Å². The smallest absolute Gasteiger partial charge is 0.285 e. The van der Waals surface area contributed by atoms with Crippen LogP contribution in [0.15, 0.2) is 126 Å². The predicted octanol–water partition coefficient (Wildman–Crippen LogP) is 6.49. The summed E-state index contributed by atoms with van der Waals surface area (Å²) in [7, 11) is 1.54. The number of aliphatic imine (C=N–C) groups is 1. The summed E-state index contributed by atoms with van der Waals surface area (Å²) in [6, 6.07) is 24.1. The molecule has 3 aromatic carbocycles. The van der Waals surface area contributed by atoms with Crippen molar-refractivity contribution in [1.82, 2.24) is 10.2 Å². The molecule has 1 N–H and O–H groups in total. The molecule has 3 amide bonds. The van der Waals surface area contributed by atoms with E-state index >= 15 is 0 Å². The quantitative estimate of drug-likeness (QED) is 0.141. The van der Waals surface area contributed by atoms with E-state index in [-0.39, 0.29) is 28.4 Å². The van der Waals surface area contributed by atoms with Crippen LogP contribution in [0.5, 0.6) is 11.5 Å². The van der Waals surface area contributed by atoms with Gasteiger partial charge >= 0.3 is 0 Å². The molecule has 0 unspecified atom stereocenters. The van der Waals surface area contributed by atoms with E-state index in [1.807, 2.05) is 67.6 Å². The number of benzene rings is 3. The monoisotopic (exact) mass is 621 g/mol. The number of nitrogens with zero attached hydrogens (tertiary/aromatic N) is 2. The highest BCUT2D eigenvalue weighted by Crippen LogP contribution is 2.31. The summed E-state index contributed by atoms with van der Waals surface area (Å²) in [6.45, 7) is 7.75. The maximum absolute atomic E-state index is 13.9. The first kappa shape index (κ1) is 32.8. The highest BCUT2D eigenvalue weighted by Gasteiger charge is 2.35. The fraction of sp³-hybridized carbons (Fsp3) is 0.167. The number of ether oxygens (including phenoxy) is 2. The maximum Gasteiger partial charge on any atom is 0.285 e.